The summed E-state index contributed by atoms with van der Waals surface area (Å²) in [6, 6.07) is 0. The second-order valence-corrected chi connectivity index (χ2v) is 5.09. The van der Waals surface area contributed by atoms with Crippen LogP contribution in [0.1, 0.15) is 52.9 Å². The summed E-state index contributed by atoms with van der Waals surface area (Å²) in [5.74, 6) is 1.84. The fraction of sp³-hybridized carbons (Fsp3) is 0.923. The van der Waals surface area contributed by atoms with Gasteiger partial charge in [-0.3, -0.25) is 4.79 Å². The lowest BCUT2D eigenvalue weighted by Crippen LogP contribution is -2.29. The molecule has 0 spiro atoms. The summed E-state index contributed by atoms with van der Waals surface area (Å²) in [5, 5.41) is 0. The molecule has 1 fully saturated rings. The third-order valence-electron chi connectivity index (χ3n) is 3.51. The van der Waals surface area contributed by atoms with E-state index in [0.29, 0.717) is 5.91 Å². The number of unbranched alkanes of at least 4 members (excludes halogenated alkanes) is 2. The van der Waals surface area contributed by atoms with Crippen LogP contribution >= 0.6 is 0 Å². The molecule has 0 aromatic carbocycles. The fourth-order valence-electron chi connectivity index (χ4n) is 2.24. The van der Waals surface area contributed by atoms with Crippen molar-refractivity contribution in [3.05, 3.63) is 0 Å². The van der Waals surface area contributed by atoms with Crippen LogP contribution in [-0.2, 0) is 4.79 Å². The Hall–Kier alpha value is -0.530. The average molecular weight is 211 g/mol. The summed E-state index contributed by atoms with van der Waals surface area (Å²) in [6.45, 7) is 8.69. The van der Waals surface area contributed by atoms with Gasteiger partial charge in [0.15, 0.2) is 0 Å². The van der Waals surface area contributed by atoms with Crippen LogP contribution in [0.5, 0.6) is 0 Å². The maximum absolute atomic E-state index is 11.8. The summed E-state index contributed by atoms with van der Waals surface area (Å²) in [6.07, 6.45) is 5.42. The molecule has 1 rings (SSSR count). The van der Waals surface area contributed by atoms with E-state index in [9.17, 15) is 4.79 Å². The smallest absolute Gasteiger partial charge is 0.222 e. The highest BCUT2D eigenvalue weighted by atomic mass is 16.2. The van der Waals surface area contributed by atoms with Crippen LogP contribution in [-0.4, -0.2) is 23.9 Å². The van der Waals surface area contributed by atoms with E-state index < -0.39 is 0 Å². The van der Waals surface area contributed by atoms with Crippen LogP contribution in [0.2, 0.25) is 0 Å². The highest BCUT2D eigenvalue weighted by molar-refractivity contribution is 5.76. The van der Waals surface area contributed by atoms with Gasteiger partial charge in [-0.15, -0.1) is 0 Å². The zero-order chi connectivity index (χ0) is 11.3. The van der Waals surface area contributed by atoms with Gasteiger partial charge in [-0.2, -0.15) is 0 Å². The molecule has 1 unspecified atom stereocenters. The fourth-order valence-corrected chi connectivity index (χ4v) is 2.24. The Balaban J connectivity index is 2.24. The summed E-state index contributed by atoms with van der Waals surface area (Å²) < 4.78 is 0. The van der Waals surface area contributed by atoms with Crippen molar-refractivity contribution < 1.29 is 4.79 Å². The van der Waals surface area contributed by atoms with Crippen molar-refractivity contribution in [2.24, 2.45) is 11.8 Å². The Bertz CT molecular complexity index is 201. The van der Waals surface area contributed by atoms with Gasteiger partial charge in [0.05, 0.1) is 0 Å². The second-order valence-electron chi connectivity index (χ2n) is 5.09. The topological polar surface area (TPSA) is 20.3 Å². The molecular formula is C13H25NO. The minimum Gasteiger partial charge on any atom is -0.342 e. The van der Waals surface area contributed by atoms with E-state index in [1.54, 1.807) is 0 Å². The third kappa shape index (κ3) is 3.84. The van der Waals surface area contributed by atoms with E-state index >= 15 is 0 Å². The Morgan fingerprint density at radius 1 is 1.40 bits per heavy atom. The Morgan fingerprint density at radius 2 is 2.13 bits per heavy atom. The van der Waals surface area contributed by atoms with Crippen LogP contribution < -0.4 is 0 Å². The molecule has 1 atom stereocenters. The highest BCUT2D eigenvalue weighted by Crippen LogP contribution is 2.24. The number of carbonyl (C=O) groups excluding carboxylic acids is 1. The maximum atomic E-state index is 11.8. The van der Waals surface area contributed by atoms with Crippen molar-refractivity contribution in [3.8, 4) is 0 Å². The summed E-state index contributed by atoms with van der Waals surface area (Å²) >= 11 is 0. The van der Waals surface area contributed by atoms with Gasteiger partial charge >= 0.3 is 0 Å². The number of nitrogens with zero attached hydrogens (tertiary/aromatic N) is 1. The normalized spacial score (nSPS) is 21.3. The maximum Gasteiger partial charge on any atom is 0.222 e. The first-order valence-electron chi connectivity index (χ1n) is 6.43. The van der Waals surface area contributed by atoms with Crippen LogP contribution in [0.3, 0.4) is 0 Å². The molecule has 2 heteroatoms. The predicted octanol–water partition coefficient (Wildman–Crippen LogP) is 3.07. The minimum atomic E-state index is 0.381. The SMILES string of the molecule is CCCCCC(=O)N1CCC(C(C)C)C1. The van der Waals surface area contributed by atoms with Crippen molar-refractivity contribution in [3.63, 3.8) is 0 Å². The lowest BCUT2D eigenvalue weighted by atomic mass is 9.95. The number of carbonyl (C=O) groups is 1. The lowest BCUT2D eigenvalue weighted by molar-refractivity contribution is -0.130. The van der Waals surface area contributed by atoms with Gasteiger partial charge in [0.25, 0.3) is 0 Å². The van der Waals surface area contributed by atoms with Gasteiger partial charge in [0, 0.05) is 19.5 Å². The molecule has 0 saturated carbocycles. The van der Waals surface area contributed by atoms with Gasteiger partial charge in [0.1, 0.15) is 0 Å². The summed E-state index contributed by atoms with van der Waals surface area (Å²) in [4.78, 5) is 13.9. The average Bonchev–Trinajstić information content (AvgIpc) is 2.66. The molecule has 1 aliphatic heterocycles. The highest BCUT2D eigenvalue weighted by Gasteiger charge is 2.27. The summed E-state index contributed by atoms with van der Waals surface area (Å²) in [5.41, 5.74) is 0. The molecule has 1 amide bonds. The van der Waals surface area contributed by atoms with E-state index in [0.717, 1.165) is 37.8 Å². The molecule has 0 aromatic rings. The number of hydrogen-bond acceptors (Lipinski definition) is 1. The number of amides is 1. The molecule has 88 valence electrons. The van der Waals surface area contributed by atoms with Crippen molar-refractivity contribution in [2.45, 2.75) is 52.9 Å². The van der Waals surface area contributed by atoms with E-state index in [1.807, 2.05) is 0 Å². The van der Waals surface area contributed by atoms with E-state index in [-0.39, 0.29) is 0 Å². The molecule has 15 heavy (non-hydrogen) atoms. The van der Waals surface area contributed by atoms with E-state index in [2.05, 4.69) is 25.7 Å². The van der Waals surface area contributed by atoms with Crippen LogP contribution in [0.4, 0.5) is 0 Å². The zero-order valence-electron chi connectivity index (χ0n) is 10.5. The van der Waals surface area contributed by atoms with Gasteiger partial charge in [-0.05, 0) is 24.7 Å². The lowest BCUT2D eigenvalue weighted by Gasteiger charge is -2.18. The zero-order valence-corrected chi connectivity index (χ0v) is 10.5. The number of likely N-dealkylation sites (tertiary alicyclic amines) is 1. The van der Waals surface area contributed by atoms with Crippen molar-refractivity contribution >= 4 is 5.91 Å². The minimum absolute atomic E-state index is 0.381. The van der Waals surface area contributed by atoms with E-state index in [1.165, 1.54) is 19.3 Å². The largest absolute Gasteiger partial charge is 0.342 e. The standard InChI is InChI=1S/C13H25NO/c1-4-5-6-7-13(15)14-9-8-12(10-14)11(2)3/h11-12H,4-10H2,1-3H3. The third-order valence-corrected chi connectivity index (χ3v) is 3.51. The van der Waals surface area contributed by atoms with Gasteiger partial charge in [0.2, 0.25) is 5.91 Å². The van der Waals surface area contributed by atoms with Crippen LogP contribution in [0, 0.1) is 11.8 Å². The molecule has 1 saturated heterocycles. The molecule has 1 heterocycles. The summed E-state index contributed by atoms with van der Waals surface area (Å²) in [7, 11) is 0. The number of rotatable bonds is 5. The first-order chi connectivity index (χ1) is 7.15. The quantitative estimate of drug-likeness (QED) is 0.640. The van der Waals surface area contributed by atoms with Gasteiger partial charge < -0.3 is 4.90 Å². The molecule has 1 aliphatic rings. The first kappa shape index (κ1) is 12.5. The molecule has 0 N–H and O–H groups in total. The Morgan fingerprint density at radius 3 is 2.67 bits per heavy atom. The van der Waals surface area contributed by atoms with Gasteiger partial charge in [-0.1, -0.05) is 33.6 Å². The molecule has 0 aliphatic carbocycles. The second kappa shape index (κ2) is 6.14. The molecular weight excluding hydrogens is 186 g/mol. The number of hydrogen-bond donors (Lipinski definition) is 0. The first-order valence-corrected chi connectivity index (χ1v) is 6.43. The predicted molar refractivity (Wildman–Crippen MR) is 63.7 cm³/mol. The Labute approximate surface area is 94.0 Å². The van der Waals surface area contributed by atoms with Crippen molar-refractivity contribution in [2.75, 3.05) is 13.1 Å². The van der Waals surface area contributed by atoms with E-state index in [4.69, 9.17) is 0 Å². The molecule has 0 radical (unpaired) electrons. The van der Waals surface area contributed by atoms with Crippen molar-refractivity contribution in [1.82, 2.24) is 4.90 Å². The van der Waals surface area contributed by atoms with Crippen molar-refractivity contribution in [1.29, 1.82) is 0 Å². The molecule has 0 bridgehead atoms. The van der Waals surface area contributed by atoms with Gasteiger partial charge in [-0.25, -0.2) is 0 Å². The van der Waals surface area contributed by atoms with Crippen LogP contribution in [0.15, 0.2) is 0 Å². The molecule has 2 nitrogen and oxygen atoms in total. The molecule has 0 aromatic heterocycles. The monoisotopic (exact) mass is 211 g/mol. The Kier molecular flexibility index (Phi) is 5.13. The van der Waals surface area contributed by atoms with Crippen LogP contribution in [0.25, 0.3) is 0 Å².